The molecule has 10 aromatic carbocycles. The van der Waals surface area contributed by atoms with Crippen LogP contribution < -0.4 is 4.90 Å². The minimum absolute atomic E-state index is 0.905. The monoisotopic (exact) mass is 687 g/mol. The molecule has 2 nitrogen and oxygen atoms in total. The molecule has 0 amide bonds. The van der Waals surface area contributed by atoms with Gasteiger partial charge < -0.3 is 9.32 Å². The van der Waals surface area contributed by atoms with E-state index in [2.05, 4.69) is 193 Å². The zero-order chi connectivity index (χ0) is 35.6. The highest BCUT2D eigenvalue weighted by Crippen LogP contribution is 2.41. The third-order valence-corrected chi connectivity index (χ3v) is 11.0. The summed E-state index contributed by atoms with van der Waals surface area (Å²) in [6.45, 7) is 0. The van der Waals surface area contributed by atoms with E-state index in [0.29, 0.717) is 0 Å². The van der Waals surface area contributed by atoms with Gasteiger partial charge in [0.2, 0.25) is 0 Å². The summed E-state index contributed by atoms with van der Waals surface area (Å²) in [5.74, 6) is 0. The summed E-state index contributed by atoms with van der Waals surface area (Å²) in [6.07, 6.45) is 0. The van der Waals surface area contributed by atoms with E-state index < -0.39 is 0 Å². The van der Waals surface area contributed by atoms with E-state index in [9.17, 15) is 0 Å². The van der Waals surface area contributed by atoms with Crippen LogP contribution in [0, 0.1) is 0 Å². The number of fused-ring (bicyclic) bond motifs is 9. The van der Waals surface area contributed by atoms with Gasteiger partial charge in [0.05, 0.1) is 0 Å². The van der Waals surface area contributed by atoms with Gasteiger partial charge in [0.1, 0.15) is 11.2 Å². The highest BCUT2D eigenvalue weighted by atomic mass is 16.3. The molecule has 11 aromatic rings. The second-order valence-electron chi connectivity index (χ2n) is 14.1. The van der Waals surface area contributed by atoms with Crippen LogP contribution in [-0.4, -0.2) is 0 Å². The Morgan fingerprint density at radius 1 is 0.278 bits per heavy atom. The second kappa shape index (κ2) is 12.2. The van der Waals surface area contributed by atoms with E-state index in [-0.39, 0.29) is 0 Å². The Morgan fingerprint density at radius 2 is 0.796 bits per heavy atom. The molecule has 1 aromatic heterocycles. The molecular formula is C52H33NO. The summed E-state index contributed by atoms with van der Waals surface area (Å²) in [7, 11) is 0. The van der Waals surface area contributed by atoms with Gasteiger partial charge in [-0.1, -0.05) is 146 Å². The molecule has 54 heavy (non-hydrogen) atoms. The molecule has 1 heterocycles. The molecule has 0 bridgehead atoms. The summed E-state index contributed by atoms with van der Waals surface area (Å²) < 4.78 is 6.23. The molecule has 0 aliphatic heterocycles. The van der Waals surface area contributed by atoms with E-state index >= 15 is 0 Å². The Labute approximate surface area is 312 Å². The van der Waals surface area contributed by atoms with Crippen LogP contribution in [0.1, 0.15) is 0 Å². The normalized spacial score (nSPS) is 11.7. The number of hydrogen-bond donors (Lipinski definition) is 0. The van der Waals surface area contributed by atoms with Crippen molar-refractivity contribution in [3.8, 4) is 22.3 Å². The van der Waals surface area contributed by atoms with E-state index in [1.54, 1.807) is 0 Å². The molecular weight excluding hydrogens is 655 g/mol. The number of hydrogen-bond acceptors (Lipinski definition) is 2. The summed E-state index contributed by atoms with van der Waals surface area (Å²) >= 11 is 0. The van der Waals surface area contributed by atoms with E-state index in [1.165, 1.54) is 54.2 Å². The smallest absolute Gasteiger partial charge is 0.136 e. The maximum absolute atomic E-state index is 6.23. The molecule has 0 saturated heterocycles. The molecule has 0 atom stereocenters. The minimum Gasteiger partial charge on any atom is -0.456 e. The fourth-order valence-electron chi connectivity index (χ4n) is 8.38. The first-order valence-electron chi connectivity index (χ1n) is 18.5. The Bertz CT molecular complexity index is 3210. The fraction of sp³-hybridized carbons (Fsp3) is 0. The first kappa shape index (κ1) is 30.5. The highest BCUT2D eigenvalue weighted by Gasteiger charge is 2.16. The van der Waals surface area contributed by atoms with Crippen LogP contribution in [0.25, 0.3) is 87.3 Å². The van der Waals surface area contributed by atoms with Crippen molar-refractivity contribution in [3.05, 3.63) is 200 Å². The summed E-state index contributed by atoms with van der Waals surface area (Å²) in [6, 6.07) is 72.4. The Kier molecular flexibility index (Phi) is 6.90. The first-order chi connectivity index (χ1) is 26.7. The molecule has 0 unspecified atom stereocenters. The van der Waals surface area contributed by atoms with Gasteiger partial charge in [-0.15, -0.1) is 0 Å². The van der Waals surface area contributed by atoms with Gasteiger partial charge in [0.15, 0.2) is 0 Å². The van der Waals surface area contributed by atoms with Crippen LogP contribution in [0.2, 0.25) is 0 Å². The average Bonchev–Trinajstić information content (AvgIpc) is 3.62. The zero-order valence-electron chi connectivity index (χ0n) is 29.4. The quantitative estimate of drug-likeness (QED) is 0.168. The van der Waals surface area contributed by atoms with Crippen LogP contribution in [0.4, 0.5) is 17.1 Å². The van der Waals surface area contributed by atoms with Gasteiger partial charge in [0, 0.05) is 27.8 Å². The summed E-state index contributed by atoms with van der Waals surface area (Å²) in [5.41, 5.74) is 9.82. The first-order valence-corrected chi connectivity index (χ1v) is 18.5. The molecule has 0 aliphatic rings. The third kappa shape index (κ3) is 4.96. The molecule has 0 radical (unpaired) electrons. The van der Waals surface area contributed by atoms with Gasteiger partial charge in [-0.2, -0.15) is 0 Å². The number of rotatable bonds is 5. The van der Waals surface area contributed by atoms with E-state index in [1.807, 2.05) is 12.1 Å². The van der Waals surface area contributed by atoms with Crippen molar-refractivity contribution < 1.29 is 4.42 Å². The van der Waals surface area contributed by atoms with E-state index in [0.717, 1.165) is 50.1 Å². The third-order valence-electron chi connectivity index (χ3n) is 11.0. The van der Waals surface area contributed by atoms with Crippen LogP contribution >= 0.6 is 0 Å². The maximum atomic E-state index is 6.23. The summed E-state index contributed by atoms with van der Waals surface area (Å²) in [4.78, 5) is 2.36. The Hall–Kier alpha value is -7.16. The Balaban J connectivity index is 1.01. The SMILES string of the molecule is c1ccc2c(c1)ccc1cc(N(c3ccc(-c4ccc5c(c4)oc4ccccc45)cc3)c3ccc(-c4cccc5c4ccc4ccccc45)cc3)ccc12. The number of furan rings is 1. The van der Waals surface area contributed by atoms with Crippen molar-refractivity contribution in [1.29, 1.82) is 0 Å². The van der Waals surface area contributed by atoms with Crippen molar-refractivity contribution >= 4 is 82.1 Å². The largest absolute Gasteiger partial charge is 0.456 e. The minimum atomic E-state index is 0.905. The molecule has 11 rings (SSSR count). The van der Waals surface area contributed by atoms with Gasteiger partial charge in [-0.3, -0.25) is 0 Å². The lowest BCUT2D eigenvalue weighted by molar-refractivity contribution is 0.669. The van der Waals surface area contributed by atoms with Crippen LogP contribution in [0.3, 0.4) is 0 Å². The lowest BCUT2D eigenvalue weighted by Crippen LogP contribution is -2.09. The number of nitrogens with zero attached hydrogens (tertiary/aromatic N) is 1. The lowest BCUT2D eigenvalue weighted by Gasteiger charge is -2.26. The number of benzene rings is 10. The van der Waals surface area contributed by atoms with Crippen molar-refractivity contribution in [2.24, 2.45) is 0 Å². The molecule has 0 aliphatic carbocycles. The lowest BCUT2D eigenvalue weighted by atomic mass is 9.94. The van der Waals surface area contributed by atoms with Crippen molar-refractivity contribution in [2.75, 3.05) is 4.90 Å². The average molecular weight is 688 g/mol. The predicted molar refractivity (Wildman–Crippen MR) is 229 cm³/mol. The molecule has 0 N–H and O–H groups in total. The van der Waals surface area contributed by atoms with Crippen molar-refractivity contribution in [3.63, 3.8) is 0 Å². The van der Waals surface area contributed by atoms with Gasteiger partial charge in [-0.05, 0) is 120 Å². The van der Waals surface area contributed by atoms with Crippen molar-refractivity contribution in [2.45, 2.75) is 0 Å². The summed E-state index contributed by atoms with van der Waals surface area (Å²) in [5, 5.41) is 12.4. The molecule has 0 fully saturated rings. The van der Waals surface area contributed by atoms with Gasteiger partial charge in [-0.25, -0.2) is 0 Å². The van der Waals surface area contributed by atoms with Gasteiger partial charge >= 0.3 is 0 Å². The molecule has 2 heteroatoms. The standard InChI is InChI=1S/C52H33NO/c1-3-10-43-35(8-1)16-17-39-32-42(28-31-46(39)43)53(40-24-18-34(19-25-40)38-23-30-50-49-12-5-6-15-51(49)54-52(50)33-38)41-26-20-37(21-27-41)45-13-7-14-47-44-11-4-2-9-36(44)22-29-48(45)47/h1-33H. The van der Waals surface area contributed by atoms with Gasteiger partial charge in [0.25, 0.3) is 0 Å². The van der Waals surface area contributed by atoms with Crippen LogP contribution in [-0.2, 0) is 0 Å². The van der Waals surface area contributed by atoms with Crippen molar-refractivity contribution in [1.82, 2.24) is 0 Å². The second-order valence-corrected chi connectivity index (χ2v) is 14.1. The molecule has 0 saturated carbocycles. The van der Waals surface area contributed by atoms with Crippen LogP contribution in [0.5, 0.6) is 0 Å². The highest BCUT2D eigenvalue weighted by molar-refractivity contribution is 6.12. The molecule has 252 valence electrons. The maximum Gasteiger partial charge on any atom is 0.136 e. The Morgan fingerprint density at radius 3 is 1.57 bits per heavy atom. The molecule has 0 spiro atoms. The number of anilines is 3. The zero-order valence-corrected chi connectivity index (χ0v) is 29.4. The van der Waals surface area contributed by atoms with E-state index in [4.69, 9.17) is 4.42 Å². The van der Waals surface area contributed by atoms with Crippen LogP contribution in [0.15, 0.2) is 205 Å². The fourth-order valence-corrected chi connectivity index (χ4v) is 8.38. The topological polar surface area (TPSA) is 16.4 Å². The number of para-hydroxylation sites is 1. The predicted octanol–water partition coefficient (Wildman–Crippen LogP) is 15.0.